The minimum absolute atomic E-state index is 0.103. The van der Waals surface area contributed by atoms with Crippen molar-refractivity contribution in [3.63, 3.8) is 0 Å². The molecule has 0 radical (unpaired) electrons. The molecule has 0 spiro atoms. The van der Waals surface area contributed by atoms with Gasteiger partial charge in [-0.2, -0.15) is 0 Å². The largest absolute Gasteiger partial charge is 0.457 e. The van der Waals surface area contributed by atoms with Crippen molar-refractivity contribution >= 4 is 33.3 Å². The number of rotatable bonds is 4. The number of Topliss-reactive ketones (excluding diaryl/α,β-unsaturated/α-hetero) is 1. The Morgan fingerprint density at radius 2 is 1.53 bits per heavy atom. The van der Waals surface area contributed by atoms with Crippen LogP contribution in [0.5, 0.6) is 0 Å². The predicted molar refractivity (Wildman–Crippen MR) is 142 cm³/mol. The summed E-state index contributed by atoms with van der Waals surface area (Å²) in [5.41, 5.74) is 4.84. The summed E-state index contributed by atoms with van der Waals surface area (Å²) in [6.45, 7) is 2.10. The van der Waals surface area contributed by atoms with Gasteiger partial charge in [-0.15, -0.1) is 0 Å². The van der Waals surface area contributed by atoms with Crippen LogP contribution in [0.4, 0.5) is 0 Å². The summed E-state index contributed by atoms with van der Waals surface area (Å²) in [6.07, 6.45) is 2.10. The molecule has 0 fully saturated rings. The van der Waals surface area contributed by atoms with Crippen molar-refractivity contribution in [3.05, 3.63) is 119 Å². The van der Waals surface area contributed by atoms with E-state index >= 15 is 0 Å². The molecule has 1 aliphatic carbocycles. The Morgan fingerprint density at radius 3 is 2.22 bits per heavy atom. The molecule has 0 saturated heterocycles. The molecule has 4 nitrogen and oxygen atoms in total. The minimum atomic E-state index is -0.492. The molecule has 1 N–H and O–H groups in total. The van der Waals surface area contributed by atoms with E-state index in [9.17, 15) is 9.59 Å². The second kappa shape index (κ2) is 9.12. The summed E-state index contributed by atoms with van der Waals surface area (Å²) in [4.78, 5) is 27.2. The van der Waals surface area contributed by atoms with Crippen molar-refractivity contribution in [1.29, 1.82) is 0 Å². The lowest BCUT2D eigenvalue weighted by atomic mass is 9.73. The Kier molecular flexibility index (Phi) is 5.65. The van der Waals surface area contributed by atoms with Crippen molar-refractivity contribution in [2.24, 2.45) is 0 Å². The van der Waals surface area contributed by atoms with E-state index in [0.29, 0.717) is 17.6 Å². The van der Waals surface area contributed by atoms with Crippen molar-refractivity contribution < 1.29 is 14.3 Å². The van der Waals surface area contributed by atoms with Gasteiger partial charge in [0.25, 0.3) is 0 Å². The summed E-state index contributed by atoms with van der Waals surface area (Å²) in [5.74, 6) is -0.782. The number of hydrogen-bond acceptors (Lipinski definition) is 4. The highest BCUT2D eigenvalue weighted by Gasteiger charge is 2.40. The third kappa shape index (κ3) is 3.79. The predicted octanol–water partition coefficient (Wildman–Crippen LogP) is 6.70. The van der Waals surface area contributed by atoms with Crippen LogP contribution in [0.2, 0.25) is 0 Å². The molecular weight excluding hydrogens is 446 g/mol. The fourth-order valence-electron chi connectivity index (χ4n) is 5.70. The van der Waals surface area contributed by atoms with Gasteiger partial charge in [0.05, 0.1) is 5.57 Å². The number of fused-ring (bicyclic) bond motifs is 2. The molecule has 1 unspecified atom stereocenters. The van der Waals surface area contributed by atoms with Gasteiger partial charge >= 0.3 is 5.97 Å². The van der Waals surface area contributed by atoms with Crippen LogP contribution in [0.25, 0.3) is 21.5 Å². The third-order valence-corrected chi connectivity index (χ3v) is 7.31. The van der Waals surface area contributed by atoms with Gasteiger partial charge in [-0.05, 0) is 58.5 Å². The molecule has 0 amide bonds. The Hall–Kier alpha value is -4.18. The maximum atomic E-state index is 13.8. The number of benzene rings is 4. The van der Waals surface area contributed by atoms with Crippen LogP contribution in [-0.4, -0.2) is 11.8 Å². The van der Waals surface area contributed by atoms with Crippen LogP contribution in [0, 0.1) is 0 Å². The summed E-state index contributed by atoms with van der Waals surface area (Å²) >= 11 is 0. The van der Waals surface area contributed by atoms with Gasteiger partial charge in [-0.25, -0.2) is 4.79 Å². The summed E-state index contributed by atoms with van der Waals surface area (Å²) in [7, 11) is 0. The number of esters is 1. The molecule has 178 valence electrons. The smallest absolute Gasteiger partial charge is 0.337 e. The number of carbonyl (C=O) groups is 2. The maximum absolute atomic E-state index is 13.8. The first kappa shape index (κ1) is 22.3. The molecule has 0 aromatic heterocycles. The summed E-state index contributed by atoms with van der Waals surface area (Å²) < 4.78 is 5.86. The Bertz CT molecular complexity index is 1530. The Labute approximate surface area is 210 Å². The molecule has 2 aliphatic rings. The highest BCUT2D eigenvalue weighted by atomic mass is 16.5. The normalized spacial score (nSPS) is 17.8. The van der Waals surface area contributed by atoms with Gasteiger partial charge in [0, 0.05) is 29.3 Å². The summed E-state index contributed by atoms with van der Waals surface area (Å²) in [6, 6.07) is 28.3. The lowest BCUT2D eigenvalue weighted by Gasteiger charge is -2.35. The highest BCUT2D eigenvalue weighted by molar-refractivity contribution is 6.09. The average molecular weight is 474 g/mol. The van der Waals surface area contributed by atoms with E-state index in [2.05, 4.69) is 35.6 Å². The van der Waals surface area contributed by atoms with Crippen molar-refractivity contribution in [2.75, 3.05) is 0 Å². The first-order chi connectivity index (χ1) is 17.6. The van der Waals surface area contributed by atoms with E-state index in [1.165, 1.54) is 0 Å². The molecule has 1 heterocycles. The Balaban J connectivity index is 1.57. The third-order valence-electron chi connectivity index (χ3n) is 7.31. The zero-order chi connectivity index (χ0) is 24.6. The van der Waals surface area contributed by atoms with Gasteiger partial charge < -0.3 is 10.1 Å². The highest BCUT2D eigenvalue weighted by Crippen LogP contribution is 2.47. The van der Waals surface area contributed by atoms with Crippen LogP contribution in [-0.2, 0) is 20.9 Å². The topological polar surface area (TPSA) is 55.4 Å². The molecule has 1 atom stereocenters. The quantitative estimate of drug-likeness (QED) is 0.265. The fourth-order valence-corrected chi connectivity index (χ4v) is 5.70. The monoisotopic (exact) mass is 473 g/mol. The minimum Gasteiger partial charge on any atom is -0.457 e. The second-order valence-corrected chi connectivity index (χ2v) is 9.56. The molecule has 0 bridgehead atoms. The zero-order valence-electron chi connectivity index (χ0n) is 20.2. The second-order valence-electron chi connectivity index (χ2n) is 9.56. The number of nitrogens with one attached hydrogen (secondary N) is 1. The van der Waals surface area contributed by atoms with Crippen molar-refractivity contribution in [2.45, 2.75) is 38.7 Å². The van der Waals surface area contributed by atoms with Gasteiger partial charge in [0.1, 0.15) is 6.61 Å². The zero-order valence-corrected chi connectivity index (χ0v) is 20.2. The van der Waals surface area contributed by atoms with Crippen LogP contribution in [0.3, 0.4) is 0 Å². The maximum Gasteiger partial charge on any atom is 0.337 e. The van der Waals surface area contributed by atoms with Crippen molar-refractivity contribution in [3.8, 4) is 0 Å². The molecule has 0 saturated carbocycles. The van der Waals surface area contributed by atoms with Gasteiger partial charge in [-0.3, -0.25) is 4.79 Å². The van der Waals surface area contributed by atoms with Crippen LogP contribution in [0.15, 0.2) is 107 Å². The van der Waals surface area contributed by atoms with E-state index in [0.717, 1.165) is 56.9 Å². The Morgan fingerprint density at radius 1 is 0.889 bits per heavy atom. The molecule has 4 aromatic carbocycles. The number of allylic oxidation sites excluding steroid dienone is 3. The first-order valence-corrected chi connectivity index (χ1v) is 12.5. The van der Waals surface area contributed by atoms with Gasteiger partial charge in [0.2, 0.25) is 0 Å². The fraction of sp³-hybridized carbons (Fsp3) is 0.188. The van der Waals surface area contributed by atoms with E-state index in [-0.39, 0.29) is 12.4 Å². The number of hydrogen-bond donors (Lipinski definition) is 1. The molecule has 6 rings (SSSR count). The van der Waals surface area contributed by atoms with Crippen LogP contribution < -0.4 is 5.32 Å². The summed E-state index contributed by atoms with van der Waals surface area (Å²) in [5, 5.41) is 7.69. The van der Waals surface area contributed by atoms with Crippen LogP contribution in [0.1, 0.15) is 43.2 Å². The molecule has 4 heteroatoms. The van der Waals surface area contributed by atoms with E-state index in [1.54, 1.807) is 0 Å². The molecule has 4 aromatic rings. The number of carbonyl (C=O) groups excluding carboxylic acids is 2. The first-order valence-electron chi connectivity index (χ1n) is 12.5. The molecule has 36 heavy (non-hydrogen) atoms. The number of ketones is 1. The van der Waals surface area contributed by atoms with Gasteiger partial charge in [-0.1, -0.05) is 78.9 Å². The van der Waals surface area contributed by atoms with E-state index in [1.807, 2.05) is 61.5 Å². The standard InChI is InChI=1S/C32H27NO3/c1-20-28(32(35)36-19-21-10-3-2-4-11-21)31(30-26(33-20)16-9-17-27(30)34)29-24-14-7-5-12-22(24)18-23-13-6-8-15-25(23)29/h2-8,10-15,18,31,33H,9,16-17,19H2,1H3. The average Bonchev–Trinajstić information content (AvgIpc) is 2.90. The molecule has 1 aliphatic heterocycles. The number of ether oxygens (including phenoxy) is 1. The van der Waals surface area contributed by atoms with Crippen molar-refractivity contribution in [1.82, 2.24) is 5.32 Å². The lowest BCUT2D eigenvalue weighted by Crippen LogP contribution is -2.34. The van der Waals surface area contributed by atoms with E-state index in [4.69, 9.17) is 4.74 Å². The van der Waals surface area contributed by atoms with Gasteiger partial charge in [0.15, 0.2) is 5.78 Å². The van der Waals surface area contributed by atoms with E-state index < -0.39 is 11.9 Å². The SMILES string of the molecule is CC1=C(C(=O)OCc2ccccc2)C(c2c3ccccc3cc3ccccc23)C2=C(CCCC2=O)N1. The lowest BCUT2D eigenvalue weighted by molar-refractivity contribution is -0.140. The molecular formula is C32H27NO3. The van der Waals surface area contributed by atoms with Crippen LogP contribution >= 0.6 is 0 Å². The number of dihydropyridines is 1.